The molecule has 0 amide bonds. The molecule has 9 N–H and O–H groups in total. The Kier molecular flexibility index (Phi) is 10.3. The fourth-order valence-corrected chi connectivity index (χ4v) is 5.49. The third-order valence-corrected chi connectivity index (χ3v) is 8.04. The first-order valence-electron chi connectivity index (χ1n) is 15.2. The first-order valence-corrected chi connectivity index (χ1v) is 15.2. The molecule has 4 atom stereocenters. The highest BCUT2D eigenvalue weighted by atomic mass is 16.6. The minimum atomic E-state index is -1.84. The second-order valence-corrected chi connectivity index (χ2v) is 11.6. The van der Waals surface area contributed by atoms with Crippen LogP contribution in [0.2, 0.25) is 0 Å². The van der Waals surface area contributed by atoms with Gasteiger partial charge >= 0.3 is 23.9 Å². The minimum Gasteiger partial charge on any atom is -0.504 e. The Morgan fingerprint density at radius 1 is 0.635 bits per heavy atom. The number of aromatic hydroxyl groups is 7. The van der Waals surface area contributed by atoms with Crippen molar-refractivity contribution >= 4 is 30.0 Å². The average Bonchev–Trinajstić information content (AvgIpc) is 3.50. The van der Waals surface area contributed by atoms with Gasteiger partial charge in [0.2, 0.25) is 12.2 Å². The van der Waals surface area contributed by atoms with E-state index in [4.69, 9.17) is 14.2 Å². The molecule has 1 aliphatic heterocycles. The molecule has 4 aromatic rings. The Hall–Kier alpha value is -7.10. The van der Waals surface area contributed by atoms with Gasteiger partial charge < -0.3 is 60.2 Å². The van der Waals surface area contributed by atoms with Gasteiger partial charge in [0.1, 0.15) is 12.0 Å². The van der Waals surface area contributed by atoms with Crippen molar-refractivity contribution in [2.24, 2.45) is 0 Å². The number of phenols is 7. The molecule has 270 valence electrons. The number of aliphatic carboxylic acids is 2. The highest BCUT2D eigenvalue weighted by Crippen LogP contribution is 2.53. The van der Waals surface area contributed by atoms with Gasteiger partial charge in [0.15, 0.2) is 46.0 Å². The summed E-state index contributed by atoms with van der Waals surface area (Å²) < 4.78 is 16.5. The van der Waals surface area contributed by atoms with E-state index in [0.717, 1.165) is 54.6 Å². The standard InChI is InChI=1S/C36H30O16/c37-20-6-1-16(11-24(20)41)13-27(34(45)46)50-29(44)10-5-18-3-9-23(40)33-30(18)31(32(52-33)19-4-8-22(39)26(43)15-19)36(49)51-28(35(47)48)14-17-2-7-21(38)25(42)12-17/h1-12,15,27-28,31-32,37-43H,13-14H2,(H,45,46)(H,47,48)/t27-,28-,31+,32+/m1/s1. The summed E-state index contributed by atoms with van der Waals surface area (Å²) >= 11 is 0. The third-order valence-electron chi connectivity index (χ3n) is 8.04. The fourth-order valence-electron chi connectivity index (χ4n) is 5.49. The maximum absolute atomic E-state index is 13.9. The zero-order valence-corrected chi connectivity index (χ0v) is 26.6. The van der Waals surface area contributed by atoms with E-state index in [1.165, 1.54) is 24.3 Å². The molecule has 0 spiro atoms. The van der Waals surface area contributed by atoms with Gasteiger partial charge in [-0.15, -0.1) is 0 Å². The molecule has 0 unspecified atom stereocenters. The van der Waals surface area contributed by atoms with E-state index in [-0.39, 0.29) is 40.0 Å². The number of phenolic OH excluding ortho intramolecular Hbond substituents is 7. The predicted octanol–water partition coefficient (Wildman–Crippen LogP) is 3.33. The molecular formula is C36H30O16. The summed E-state index contributed by atoms with van der Waals surface area (Å²) in [5.41, 5.74) is 0.445. The lowest BCUT2D eigenvalue weighted by Gasteiger charge is -2.22. The first-order chi connectivity index (χ1) is 24.6. The third kappa shape index (κ3) is 7.86. The number of carbonyl (C=O) groups is 4. The van der Waals surface area contributed by atoms with Crippen LogP contribution in [0.15, 0.2) is 72.8 Å². The Labute approximate surface area is 292 Å². The van der Waals surface area contributed by atoms with Crippen molar-refractivity contribution in [2.75, 3.05) is 0 Å². The largest absolute Gasteiger partial charge is 0.504 e. The SMILES string of the molecule is O=C(C=Cc1ccc(O)c2c1[C@H](C(=O)O[C@H](Cc1ccc(O)c(O)c1)C(=O)O)[C@H](c1ccc(O)c(O)c1)O2)O[C@H](Cc1ccc(O)c(O)c1)C(=O)O. The number of benzene rings is 4. The van der Waals surface area contributed by atoms with Crippen LogP contribution >= 0.6 is 0 Å². The summed E-state index contributed by atoms with van der Waals surface area (Å²) in [7, 11) is 0. The lowest BCUT2D eigenvalue weighted by Crippen LogP contribution is -2.33. The minimum absolute atomic E-state index is 0.0443. The lowest BCUT2D eigenvalue weighted by molar-refractivity contribution is -0.166. The number of rotatable bonds is 12. The number of ether oxygens (including phenoxy) is 3. The summed E-state index contributed by atoms with van der Waals surface area (Å²) in [6.07, 6.45) is -3.85. The van der Waals surface area contributed by atoms with Gasteiger partial charge in [-0.1, -0.05) is 24.3 Å². The van der Waals surface area contributed by atoms with Crippen molar-refractivity contribution in [3.05, 3.63) is 101 Å². The molecule has 0 aliphatic carbocycles. The number of hydrogen-bond acceptors (Lipinski definition) is 14. The van der Waals surface area contributed by atoms with Crippen molar-refractivity contribution in [1.82, 2.24) is 0 Å². The van der Waals surface area contributed by atoms with Gasteiger partial charge in [0.25, 0.3) is 0 Å². The van der Waals surface area contributed by atoms with Crippen molar-refractivity contribution < 1.29 is 79.3 Å². The topological polar surface area (TPSA) is 278 Å². The zero-order valence-electron chi connectivity index (χ0n) is 26.6. The highest BCUT2D eigenvalue weighted by molar-refractivity contribution is 5.92. The molecule has 16 nitrogen and oxygen atoms in total. The maximum atomic E-state index is 13.9. The average molecular weight is 719 g/mol. The summed E-state index contributed by atoms with van der Waals surface area (Å²) in [5, 5.41) is 89.1. The van der Waals surface area contributed by atoms with Crippen LogP contribution in [0.3, 0.4) is 0 Å². The van der Waals surface area contributed by atoms with E-state index < -0.39 is 94.8 Å². The Morgan fingerprint density at radius 2 is 1.13 bits per heavy atom. The first kappa shape index (κ1) is 36.2. The highest BCUT2D eigenvalue weighted by Gasteiger charge is 2.46. The summed E-state index contributed by atoms with van der Waals surface area (Å²) in [4.78, 5) is 50.9. The molecule has 0 radical (unpaired) electrons. The Balaban J connectivity index is 1.47. The van der Waals surface area contributed by atoms with Crippen LogP contribution in [0, 0.1) is 0 Å². The molecule has 1 heterocycles. The monoisotopic (exact) mass is 718 g/mol. The van der Waals surface area contributed by atoms with Crippen molar-refractivity contribution in [2.45, 2.75) is 37.1 Å². The fraction of sp³-hybridized carbons (Fsp3) is 0.167. The molecule has 52 heavy (non-hydrogen) atoms. The molecule has 16 heteroatoms. The number of carboxylic acid groups (broad SMARTS) is 2. The van der Waals surface area contributed by atoms with Crippen LogP contribution in [0.5, 0.6) is 46.0 Å². The van der Waals surface area contributed by atoms with Crippen LogP contribution in [-0.4, -0.2) is 82.0 Å². The van der Waals surface area contributed by atoms with Gasteiger partial charge in [0, 0.05) is 24.5 Å². The van der Waals surface area contributed by atoms with E-state index in [1.54, 1.807) is 0 Å². The molecule has 4 aromatic carbocycles. The van der Waals surface area contributed by atoms with E-state index in [9.17, 15) is 65.1 Å². The molecule has 0 aromatic heterocycles. The number of esters is 2. The van der Waals surface area contributed by atoms with Gasteiger partial charge in [-0.05, 0) is 70.8 Å². The second-order valence-electron chi connectivity index (χ2n) is 11.6. The van der Waals surface area contributed by atoms with Crippen LogP contribution < -0.4 is 4.74 Å². The molecule has 0 bridgehead atoms. The van der Waals surface area contributed by atoms with Crippen molar-refractivity contribution in [1.29, 1.82) is 0 Å². The Bertz CT molecular complexity index is 2090. The summed E-state index contributed by atoms with van der Waals surface area (Å²) in [5.74, 6) is -10.8. The lowest BCUT2D eigenvalue weighted by atomic mass is 9.87. The Morgan fingerprint density at radius 3 is 1.65 bits per heavy atom. The van der Waals surface area contributed by atoms with E-state index in [1.807, 2.05) is 0 Å². The van der Waals surface area contributed by atoms with Gasteiger partial charge in [-0.3, -0.25) is 4.79 Å². The number of carboxylic acids is 2. The predicted molar refractivity (Wildman–Crippen MR) is 175 cm³/mol. The van der Waals surface area contributed by atoms with Crippen molar-refractivity contribution in [3.8, 4) is 46.0 Å². The normalized spacial score (nSPS) is 16.0. The summed E-state index contributed by atoms with van der Waals surface area (Å²) in [6.45, 7) is 0. The van der Waals surface area contributed by atoms with E-state index >= 15 is 0 Å². The molecule has 5 rings (SSSR count). The van der Waals surface area contributed by atoms with Gasteiger partial charge in [-0.2, -0.15) is 0 Å². The van der Waals surface area contributed by atoms with Crippen LogP contribution in [-0.2, 0) is 41.5 Å². The van der Waals surface area contributed by atoms with Crippen molar-refractivity contribution in [3.63, 3.8) is 0 Å². The van der Waals surface area contributed by atoms with Crippen LogP contribution in [0.1, 0.15) is 39.8 Å². The second kappa shape index (κ2) is 14.8. The number of carbonyl (C=O) groups excluding carboxylic acids is 2. The maximum Gasteiger partial charge on any atom is 0.345 e. The van der Waals surface area contributed by atoms with Crippen LogP contribution in [0.4, 0.5) is 0 Å². The molecule has 1 aliphatic rings. The zero-order chi connectivity index (χ0) is 37.9. The number of fused-ring (bicyclic) bond motifs is 1. The van der Waals surface area contributed by atoms with Gasteiger partial charge in [-0.25, -0.2) is 14.4 Å². The summed E-state index contributed by atoms with van der Waals surface area (Å²) in [6, 6.07) is 13.0. The van der Waals surface area contributed by atoms with Crippen LogP contribution in [0.25, 0.3) is 6.08 Å². The van der Waals surface area contributed by atoms with Gasteiger partial charge in [0.05, 0.1) is 0 Å². The molecule has 0 fully saturated rings. The molecular weight excluding hydrogens is 688 g/mol. The molecule has 0 saturated carbocycles. The molecule has 0 saturated heterocycles. The number of hydrogen-bond donors (Lipinski definition) is 9. The van der Waals surface area contributed by atoms with E-state index in [0.29, 0.717) is 0 Å². The van der Waals surface area contributed by atoms with E-state index in [2.05, 4.69) is 0 Å². The quantitative estimate of drug-likeness (QED) is 0.0577. The smallest absolute Gasteiger partial charge is 0.345 e.